The summed E-state index contributed by atoms with van der Waals surface area (Å²) in [5.41, 5.74) is 3.54. The molecule has 6 nitrogen and oxygen atoms in total. The van der Waals surface area contributed by atoms with E-state index in [0.717, 1.165) is 43.4 Å². The Kier molecular flexibility index (Phi) is 4.63. The fourth-order valence-corrected chi connectivity index (χ4v) is 6.62. The number of carbonyl (C=O) groups is 1. The molecule has 1 atom stereocenters. The molecule has 1 amide bonds. The SMILES string of the molecule is COC1CCC2(CC1)Cc1ccc(C3CC3)cc1C21NC(=S)N(Cc2cccnn2)C1=O. The third-order valence-electron chi connectivity index (χ3n) is 8.19. The molecule has 1 aromatic heterocycles. The molecule has 32 heavy (non-hydrogen) atoms. The largest absolute Gasteiger partial charge is 0.381 e. The molecule has 2 aromatic rings. The van der Waals surface area contributed by atoms with Crippen LogP contribution in [0, 0.1) is 5.41 Å². The van der Waals surface area contributed by atoms with Crippen molar-refractivity contribution in [3.63, 3.8) is 0 Å². The minimum Gasteiger partial charge on any atom is -0.381 e. The summed E-state index contributed by atoms with van der Waals surface area (Å²) >= 11 is 5.77. The first kappa shape index (κ1) is 20.2. The number of benzene rings is 1. The molecule has 1 unspecified atom stereocenters. The first-order valence-corrected chi connectivity index (χ1v) is 12.0. The van der Waals surface area contributed by atoms with Crippen molar-refractivity contribution in [2.45, 2.75) is 69.1 Å². The minimum atomic E-state index is -0.800. The van der Waals surface area contributed by atoms with E-state index in [0.29, 0.717) is 17.6 Å². The molecule has 3 aliphatic carbocycles. The van der Waals surface area contributed by atoms with E-state index in [4.69, 9.17) is 17.0 Å². The topological polar surface area (TPSA) is 67.3 Å². The van der Waals surface area contributed by atoms with Gasteiger partial charge < -0.3 is 10.1 Å². The van der Waals surface area contributed by atoms with Gasteiger partial charge in [-0.15, -0.1) is 0 Å². The van der Waals surface area contributed by atoms with E-state index in [1.807, 2.05) is 12.1 Å². The summed E-state index contributed by atoms with van der Waals surface area (Å²) in [6.07, 6.45) is 9.12. The highest BCUT2D eigenvalue weighted by Gasteiger charge is 2.67. The van der Waals surface area contributed by atoms with Gasteiger partial charge in [0.25, 0.3) is 5.91 Å². The maximum absolute atomic E-state index is 14.3. The minimum absolute atomic E-state index is 0.0655. The molecule has 2 saturated carbocycles. The number of aromatic nitrogens is 2. The molecule has 3 fully saturated rings. The number of nitrogens with one attached hydrogen (secondary N) is 1. The molecule has 7 heteroatoms. The van der Waals surface area contributed by atoms with Gasteiger partial charge in [-0.2, -0.15) is 10.2 Å². The van der Waals surface area contributed by atoms with Gasteiger partial charge in [0.1, 0.15) is 0 Å². The van der Waals surface area contributed by atoms with Crippen LogP contribution in [-0.2, 0) is 28.0 Å². The highest BCUT2D eigenvalue weighted by atomic mass is 32.1. The maximum Gasteiger partial charge on any atom is 0.260 e. The lowest BCUT2D eigenvalue weighted by atomic mass is 9.61. The predicted octanol–water partition coefficient (Wildman–Crippen LogP) is 3.60. The number of rotatable bonds is 4. The van der Waals surface area contributed by atoms with Crippen LogP contribution in [0.25, 0.3) is 0 Å². The first-order valence-electron chi connectivity index (χ1n) is 11.6. The maximum atomic E-state index is 14.3. The second-order valence-corrected chi connectivity index (χ2v) is 10.3. The van der Waals surface area contributed by atoms with Crippen LogP contribution in [-0.4, -0.2) is 39.3 Å². The number of methoxy groups -OCH3 is 1. The number of hydrogen-bond acceptors (Lipinski definition) is 5. The number of amides is 1. The van der Waals surface area contributed by atoms with Crippen LogP contribution in [0.4, 0.5) is 0 Å². The molecule has 2 heterocycles. The van der Waals surface area contributed by atoms with Gasteiger partial charge in [-0.05, 0) is 91.9 Å². The third kappa shape index (κ3) is 2.87. The molecule has 4 aliphatic rings. The predicted molar refractivity (Wildman–Crippen MR) is 124 cm³/mol. The van der Waals surface area contributed by atoms with Gasteiger partial charge >= 0.3 is 0 Å². The number of nitrogens with zero attached hydrogens (tertiary/aromatic N) is 3. The van der Waals surface area contributed by atoms with Crippen LogP contribution in [0.1, 0.15) is 66.8 Å². The summed E-state index contributed by atoms with van der Waals surface area (Å²) in [4.78, 5) is 16.0. The summed E-state index contributed by atoms with van der Waals surface area (Å²) < 4.78 is 5.67. The zero-order valence-electron chi connectivity index (χ0n) is 18.3. The van der Waals surface area contributed by atoms with Crippen molar-refractivity contribution in [1.29, 1.82) is 0 Å². The van der Waals surface area contributed by atoms with Crippen molar-refractivity contribution in [2.75, 3.05) is 7.11 Å². The Morgan fingerprint density at radius 1 is 1.22 bits per heavy atom. The molecule has 1 aromatic carbocycles. The van der Waals surface area contributed by atoms with E-state index in [1.54, 1.807) is 18.2 Å². The lowest BCUT2D eigenvalue weighted by molar-refractivity contribution is -0.138. The van der Waals surface area contributed by atoms with Crippen molar-refractivity contribution in [1.82, 2.24) is 20.4 Å². The van der Waals surface area contributed by atoms with Crippen molar-refractivity contribution >= 4 is 23.2 Å². The van der Waals surface area contributed by atoms with Crippen molar-refractivity contribution in [3.8, 4) is 0 Å². The van der Waals surface area contributed by atoms with Crippen LogP contribution in [0.15, 0.2) is 36.5 Å². The Labute approximate surface area is 193 Å². The monoisotopic (exact) mass is 448 g/mol. The molecule has 1 N–H and O–H groups in total. The van der Waals surface area contributed by atoms with E-state index in [-0.39, 0.29) is 17.4 Å². The lowest BCUT2D eigenvalue weighted by Gasteiger charge is -2.46. The van der Waals surface area contributed by atoms with Crippen molar-refractivity contribution in [3.05, 3.63) is 58.9 Å². The summed E-state index contributed by atoms with van der Waals surface area (Å²) in [5.74, 6) is 0.702. The van der Waals surface area contributed by atoms with Crippen LogP contribution in [0.2, 0.25) is 0 Å². The Hall–Kier alpha value is -2.38. The Balaban J connectivity index is 1.44. The Bertz CT molecular complexity index is 1080. The summed E-state index contributed by atoms with van der Waals surface area (Å²) in [6.45, 7) is 0.342. The van der Waals surface area contributed by atoms with Gasteiger partial charge in [0.15, 0.2) is 10.7 Å². The van der Waals surface area contributed by atoms with Gasteiger partial charge in [-0.1, -0.05) is 18.2 Å². The molecule has 166 valence electrons. The number of hydrogen-bond donors (Lipinski definition) is 1. The standard InChI is InChI=1S/C25H28N4O2S/c1-31-20-8-10-24(11-9-20)14-18-7-6-17(16-4-5-16)13-21(18)25(24)22(30)29(23(32)27-25)15-19-3-2-12-26-28-19/h2-3,6-7,12-13,16,20H,4-5,8-11,14-15H2,1H3,(H,27,32). The van der Waals surface area contributed by atoms with Crippen molar-refractivity contribution in [2.24, 2.45) is 5.41 Å². The zero-order valence-corrected chi connectivity index (χ0v) is 19.2. The fraction of sp³-hybridized carbons (Fsp3) is 0.520. The average molecular weight is 449 g/mol. The van der Waals surface area contributed by atoms with Gasteiger partial charge in [-0.3, -0.25) is 9.69 Å². The second-order valence-electron chi connectivity index (χ2n) is 9.87. The molecule has 0 bridgehead atoms. The number of thiocarbonyl (C=S) groups is 1. The van der Waals surface area contributed by atoms with Crippen LogP contribution in [0.5, 0.6) is 0 Å². The average Bonchev–Trinajstić information content (AvgIpc) is 3.60. The normalized spacial score (nSPS) is 31.4. The zero-order chi connectivity index (χ0) is 21.9. The molecular formula is C25H28N4O2S. The quantitative estimate of drug-likeness (QED) is 0.721. The summed E-state index contributed by atoms with van der Waals surface area (Å²) in [5, 5.41) is 12.3. The molecule has 1 saturated heterocycles. The molecule has 1 aliphatic heterocycles. The van der Waals surface area contributed by atoms with Crippen molar-refractivity contribution < 1.29 is 9.53 Å². The highest BCUT2D eigenvalue weighted by molar-refractivity contribution is 7.80. The fourth-order valence-electron chi connectivity index (χ4n) is 6.32. The van der Waals surface area contributed by atoms with E-state index >= 15 is 0 Å². The van der Waals surface area contributed by atoms with Gasteiger partial charge in [0.05, 0.1) is 18.3 Å². The van der Waals surface area contributed by atoms with Crippen LogP contribution >= 0.6 is 12.2 Å². The molecule has 0 radical (unpaired) electrons. The van der Waals surface area contributed by atoms with Gasteiger partial charge in [-0.25, -0.2) is 0 Å². The smallest absolute Gasteiger partial charge is 0.260 e. The summed E-state index contributed by atoms with van der Waals surface area (Å²) in [6, 6.07) is 10.6. The summed E-state index contributed by atoms with van der Waals surface area (Å²) in [7, 11) is 1.79. The number of carbonyl (C=O) groups excluding carboxylic acids is 1. The Morgan fingerprint density at radius 3 is 2.72 bits per heavy atom. The molecule has 2 spiro atoms. The molecule has 6 rings (SSSR count). The van der Waals surface area contributed by atoms with Crippen LogP contribution in [0.3, 0.4) is 0 Å². The number of fused-ring (bicyclic) bond motifs is 3. The van der Waals surface area contributed by atoms with Gasteiger partial charge in [0.2, 0.25) is 0 Å². The third-order valence-corrected chi connectivity index (χ3v) is 8.51. The highest BCUT2D eigenvalue weighted by Crippen LogP contribution is 2.60. The number of ether oxygens (including phenoxy) is 1. The second kappa shape index (κ2) is 7.32. The van der Waals surface area contributed by atoms with E-state index < -0.39 is 5.54 Å². The van der Waals surface area contributed by atoms with E-state index in [9.17, 15) is 4.79 Å². The molecular weight excluding hydrogens is 420 g/mol. The van der Waals surface area contributed by atoms with E-state index in [1.165, 1.54) is 24.0 Å². The van der Waals surface area contributed by atoms with E-state index in [2.05, 4.69) is 33.7 Å². The Morgan fingerprint density at radius 2 is 2.03 bits per heavy atom. The van der Waals surface area contributed by atoms with Gasteiger partial charge in [0, 0.05) is 18.7 Å². The van der Waals surface area contributed by atoms with Crippen LogP contribution < -0.4 is 5.32 Å². The lowest BCUT2D eigenvalue weighted by Crippen LogP contribution is -2.56. The first-order chi connectivity index (χ1) is 15.6.